The standard InChI is InChI=1S/C16H24FN3OS/c1-15(2,3)22(21)20-14-12-8-11(17)10-19-13(12)9-16(14)4-6-18-7-5-16/h8,10,14,18,20H,4-7,9H2,1-3H3/t14-,22-/m1/s1. The van der Waals surface area contributed by atoms with Gasteiger partial charge in [-0.05, 0) is 64.8 Å². The van der Waals surface area contributed by atoms with Crippen LogP contribution in [0.1, 0.15) is 50.9 Å². The van der Waals surface area contributed by atoms with Crippen LogP contribution in [-0.4, -0.2) is 27.4 Å². The Morgan fingerprint density at radius 1 is 1.41 bits per heavy atom. The summed E-state index contributed by atoms with van der Waals surface area (Å²) in [6.45, 7) is 7.73. The molecular weight excluding hydrogens is 301 g/mol. The summed E-state index contributed by atoms with van der Waals surface area (Å²) in [7, 11) is 0. The van der Waals surface area contributed by atoms with Gasteiger partial charge in [0.1, 0.15) is 10.6 Å². The molecule has 6 heteroatoms. The monoisotopic (exact) mass is 325 g/mol. The van der Waals surface area contributed by atoms with E-state index >= 15 is 0 Å². The number of aromatic nitrogens is 1. The van der Waals surface area contributed by atoms with Crippen molar-refractivity contribution in [2.45, 2.75) is 50.8 Å². The highest BCUT2D eigenvalue weighted by Crippen LogP contribution is 2.51. The number of hydrogen-bond acceptors (Lipinski definition) is 4. The fourth-order valence-corrected chi connectivity index (χ4v) is 4.45. The van der Waals surface area contributed by atoms with Crippen LogP contribution in [0.5, 0.6) is 0 Å². The van der Waals surface area contributed by atoms with Gasteiger partial charge in [0.2, 0.25) is 0 Å². The summed E-state index contributed by atoms with van der Waals surface area (Å²) in [5.74, 6) is -0.321. The molecular formula is C16H24FN3OS. The zero-order valence-corrected chi connectivity index (χ0v) is 14.2. The Hall–Kier alpha value is -0.690. The first-order chi connectivity index (χ1) is 10.3. The van der Waals surface area contributed by atoms with Crippen molar-refractivity contribution in [3.8, 4) is 0 Å². The molecule has 1 aromatic heterocycles. The van der Waals surface area contributed by atoms with Crippen molar-refractivity contribution in [1.29, 1.82) is 0 Å². The van der Waals surface area contributed by atoms with Crippen LogP contribution in [0.25, 0.3) is 0 Å². The minimum Gasteiger partial charge on any atom is -0.598 e. The lowest BCUT2D eigenvalue weighted by Crippen LogP contribution is -2.48. The summed E-state index contributed by atoms with van der Waals surface area (Å²) < 4.78 is 29.2. The number of rotatable bonds is 2. The SMILES string of the molecule is CC(C)(C)[S@@+]([O-])N[C@@H]1c2cc(F)cnc2CC12CCNCC2. The van der Waals surface area contributed by atoms with Gasteiger partial charge in [-0.3, -0.25) is 4.98 Å². The lowest BCUT2D eigenvalue weighted by molar-refractivity contribution is 0.163. The van der Waals surface area contributed by atoms with E-state index < -0.39 is 11.4 Å². The molecule has 0 bridgehead atoms. The molecule has 2 N–H and O–H groups in total. The zero-order valence-electron chi connectivity index (χ0n) is 13.4. The molecule has 22 heavy (non-hydrogen) atoms. The Labute approximate surface area is 134 Å². The second kappa shape index (κ2) is 5.74. The third-order valence-electron chi connectivity index (χ3n) is 4.79. The first kappa shape index (κ1) is 16.2. The summed E-state index contributed by atoms with van der Waals surface area (Å²) in [4.78, 5) is 4.29. The fourth-order valence-electron chi connectivity index (χ4n) is 3.51. The topological polar surface area (TPSA) is 60.0 Å². The number of piperidine rings is 1. The minimum atomic E-state index is -1.19. The van der Waals surface area contributed by atoms with Gasteiger partial charge in [0.25, 0.3) is 0 Å². The van der Waals surface area contributed by atoms with Crippen molar-refractivity contribution in [2.24, 2.45) is 5.41 Å². The smallest absolute Gasteiger partial charge is 0.141 e. The highest BCUT2D eigenvalue weighted by molar-refractivity contribution is 7.90. The molecule has 0 saturated carbocycles. The van der Waals surface area contributed by atoms with E-state index in [1.54, 1.807) is 6.07 Å². The molecule has 122 valence electrons. The van der Waals surface area contributed by atoms with E-state index in [-0.39, 0.29) is 22.0 Å². The number of pyridine rings is 1. The van der Waals surface area contributed by atoms with E-state index in [9.17, 15) is 8.94 Å². The van der Waals surface area contributed by atoms with E-state index in [1.807, 2.05) is 20.8 Å². The van der Waals surface area contributed by atoms with Gasteiger partial charge >= 0.3 is 0 Å². The summed E-state index contributed by atoms with van der Waals surface area (Å²) >= 11 is -1.19. The first-order valence-electron chi connectivity index (χ1n) is 7.85. The molecule has 0 unspecified atom stereocenters. The Kier molecular flexibility index (Phi) is 4.22. The Morgan fingerprint density at radius 3 is 2.73 bits per heavy atom. The van der Waals surface area contributed by atoms with Crippen LogP contribution in [0.15, 0.2) is 12.3 Å². The van der Waals surface area contributed by atoms with Crippen molar-refractivity contribution in [3.63, 3.8) is 0 Å². The molecule has 1 spiro atoms. The highest BCUT2D eigenvalue weighted by atomic mass is 32.2. The Bertz CT molecular complexity index is 555. The normalized spacial score (nSPS) is 25.2. The van der Waals surface area contributed by atoms with Gasteiger partial charge in [-0.15, -0.1) is 4.72 Å². The van der Waals surface area contributed by atoms with E-state index in [4.69, 9.17) is 0 Å². The molecule has 0 radical (unpaired) electrons. The van der Waals surface area contributed by atoms with Crippen molar-refractivity contribution in [3.05, 3.63) is 29.3 Å². The van der Waals surface area contributed by atoms with Crippen LogP contribution in [0.3, 0.4) is 0 Å². The summed E-state index contributed by atoms with van der Waals surface area (Å²) in [6.07, 6.45) is 4.11. The quantitative estimate of drug-likeness (QED) is 0.819. The number of nitrogens with one attached hydrogen (secondary N) is 2. The summed E-state index contributed by atoms with van der Waals surface area (Å²) in [6, 6.07) is 1.48. The maximum atomic E-state index is 13.7. The average Bonchev–Trinajstić information content (AvgIpc) is 2.72. The number of nitrogens with zero attached hydrogens (tertiary/aromatic N) is 1. The lowest BCUT2D eigenvalue weighted by atomic mass is 9.74. The highest BCUT2D eigenvalue weighted by Gasteiger charge is 2.50. The van der Waals surface area contributed by atoms with Crippen LogP contribution in [0.4, 0.5) is 4.39 Å². The minimum absolute atomic E-state index is 0.00468. The molecule has 1 aromatic rings. The molecule has 0 amide bonds. The fraction of sp³-hybridized carbons (Fsp3) is 0.688. The number of hydrogen-bond donors (Lipinski definition) is 2. The largest absolute Gasteiger partial charge is 0.598 e. The molecule has 2 atom stereocenters. The molecule has 0 aromatic carbocycles. The third-order valence-corrected chi connectivity index (χ3v) is 6.36. The van der Waals surface area contributed by atoms with E-state index in [0.29, 0.717) is 0 Å². The molecule has 1 aliphatic heterocycles. The predicted octanol–water partition coefficient (Wildman–Crippen LogP) is 2.24. The summed E-state index contributed by atoms with van der Waals surface area (Å²) in [5, 5.41) is 3.38. The van der Waals surface area contributed by atoms with Crippen LogP contribution < -0.4 is 10.0 Å². The molecule has 2 heterocycles. The lowest BCUT2D eigenvalue weighted by Gasteiger charge is -2.40. The van der Waals surface area contributed by atoms with Gasteiger partial charge in [0, 0.05) is 22.5 Å². The van der Waals surface area contributed by atoms with Gasteiger partial charge in [0.05, 0.1) is 12.2 Å². The molecule has 4 nitrogen and oxygen atoms in total. The molecule has 1 aliphatic carbocycles. The van der Waals surface area contributed by atoms with Gasteiger partial charge in [0.15, 0.2) is 0 Å². The van der Waals surface area contributed by atoms with Crippen molar-refractivity contribution in [2.75, 3.05) is 13.1 Å². The molecule has 3 rings (SSSR count). The van der Waals surface area contributed by atoms with Crippen LogP contribution in [0.2, 0.25) is 0 Å². The average molecular weight is 325 g/mol. The van der Waals surface area contributed by atoms with Crippen LogP contribution >= 0.6 is 0 Å². The van der Waals surface area contributed by atoms with Crippen molar-refractivity contribution < 1.29 is 8.94 Å². The van der Waals surface area contributed by atoms with Gasteiger partial charge in [-0.25, -0.2) is 4.39 Å². The van der Waals surface area contributed by atoms with Gasteiger partial charge in [-0.2, -0.15) is 0 Å². The molecule has 1 saturated heterocycles. The van der Waals surface area contributed by atoms with Gasteiger partial charge < -0.3 is 9.87 Å². The Morgan fingerprint density at radius 2 is 2.09 bits per heavy atom. The maximum absolute atomic E-state index is 13.7. The Balaban J connectivity index is 1.95. The van der Waals surface area contributed by atoms with Gasteiger partial charge in [-0.1, -0.05) is 0 Å². The number of halogens is 1. The van der Waals surface area contributed by atoms with Crippen molar-refractivity contribution >= 4 is 11.4 Å². The first-order valence-corrected chi connectivity index (χ1v) is 9.00. The van der Waals surface area contributed by atoms with E-state index in [2.05, 4.69) is 15.0 Å². The molecule has 2 aliphatic rings. The number of fused-ring (bicyclic) bond motifs is 1. The summed E-state index contributed by atoms with van der Waals surface area (Å²) in [5.41, 5.74) is 1.83. The van der Waals surface area contributed by atoms with E-state index in [1.165, 1.54) is 6.20 Å². The predicted molar refractivity (Wildman–Crippen MR) is 86.2 cm³/mol. The second-order valence-electron chi connectivity index (χ2n) is 7.41. The van der Waals surface area contributed by atoms with Crippen LogP contribution in [-0.2, 0) is 17.8 Å². The zero-order chi connectivity index (χ0) is 16.0. The van der Waals surface area contributed by atoms with Crippen LogP contribution in [0, 0.1) is 11.2 Å². The molecule has 1 fully saturated rings. The third kappa shape index (κ3) is 2.89. The maximum Gasteiger partial charge on any atom is 0.141 e. The van der Waals surface area contributed by atoms with E-state index in [0.717, 1.165) is 43.6 Å². The van der Waals surface area contributed by atoms with Crippen molar-refractivity contribution in [1.82, 2.24) is 15.0 Å². The second-order valence-corrected chi connectivity index (χ2v) is 9.41.